The van der Waals surface area contributed by atoms with Gasteiger partial charge in [-0.05, 0) is 17.1 Å². The van der Waals surface area contributed by atoms with Crippen LogP contribution in [0.1, 0.15) is 44.1 Å². The van der Waals surface area contributed by atoms with Gasteiger partial charge >= 0.3 is 0 Å². The average molecular weight is 366 g/mol. The number of anilines is 2. The van der Waals surface area contributed by atoms with E-state index < -0.39 is 0 Å². The van der Waals surface area contributed by atoms with Crippen molar-refractivity contribution >= 4 is 30.6 Å². The lowest BCUT2D eigenvalue weighted by molar-refractivity contribution is 0.399. The molecule has 0 bridgehead atoms. The van der Waals surface area contributed by atoms with Crippen molar-refractivity contribution in [2.45, 2.75) is 45.1 Å². The van der Waals surface area contributed by atoms with E-state index in [1.54, 1.807) is 29.2 Å². The van der Waals surface area contributed by atoms with Crippen molar-refractivity contribution in [2.75, 3.05) is 18.2 Å². The number of nitrogens with zero attached hydrogens (tertiary/aromatic N) is 4. The van der Waals surface area contributed by atoms with Crippen molar-refractivity contribution in [1.29, 1.82) is 0 Å². The number of aliphatic hydroxyl groups is 1. The molecule has 4 N–H and O–H groups in total. The Bertz CT molecular complexity index is 793. The zero-order valence-corrected chi connectivity index (χ0v) is 15.8. The summed E-state index contributed by atoms with van der Waals surface area (Å²) in [6, 6.07) is 5.59. The van der Waals surface area contributed by atoms with Gasteiger partial charge in [0.15, 0.2) is 5.65 Å². The lowest BCUT2D eigenvalue weighted by Gasteiger charge is -2.09. The number of hydrogen-bond donors (Lipinski definition) is 3. The van der Waals surface area contributed by atoms with E-state index in [9.17, 15) is 0 Å². The third-order valence-corrected chi connectivity index (χ3v) is 4.22. The Labute approximate surface area is 161 Å². The van der Waals surface area contributed by atoms with Crippen LogP contribution in [0.25, 0.3) is 5.65 Å². The molecule has 27 heavy (non-hydrogen) atoms. The summed E-state index contributed by atoms with van der Waals surface area (Å²) >= 11 is 0. The van der Waals surface area contributed by atoms with E-state index in [-0.39, 0.29) is 0 Å². The molecule has 142 valence electrons. The second-order valence-corrected chi connectivity index (χ2v) is 6.24. The second kappa shape index (κ2) is 11.2. The standard InChI is InChI=1S/C12H11BN6.C6H12.CH4O/c13-9-7-17-19-11(4-10(14)18-12(9)19)16-6-8-2-1-3-15-5-8;1-2-4-6-5-3-1;1-2/h1-5,7,16H,6H2,(H2,14,18);1-6H2;2H,1H3. The van der Waals surface area contributed by atoms with E-state index in [0.29, 0.717) is 23.5 Å². The van der Waals surface area contributed by atoms with Gasteiger partial charge in [-0.1, -0.05) is 44.6 Å². The van der Waals surface area contributed by atoms with Crippen LogP contribution >= 0.6 is 0 Å². The lowest BCUT2D eigenvalue weighted by atomic mass is 10.0. The van der Waals surface area contributed by atoms with Gasteiger partial charge in [-0.2, -0.15) is 9.61 Å². The second-order valence-electron chi connectivity index (χ2n) is 6.24. The molecule has 0 aliphatic heterocycles. The molecule has 0 saturated heterocycles. The van der Waals surface area contributed by atoms with Crippen molar-refractivity contribution in [2.24, 2.45) is 0 Å². The predicted molar refractivity (Wildman–Crippen MR) is 110 cm³/mol. The van der Waals surface area contributed by atoms with Gasteiger partial charge < -0.3 is 16.2 Å². The van der Waals surface area contributed by atoms with Gasteiger partial charge in [0, 0.05) is 38.3 Å². The van der Waals surface area contributed by atoms with Gasteiger partial charge in [0.2, 0.25) is 0 Å². The monoisotopic (exact) mass is 366 g/mol. The highest BCUT2D eigenvalue weighted by Gasteiger charge is 2.07. The van der Waals surface area contributed by atoms with E-state index >= 15 is 0 Å². The van der Waals surface area contributed by atoms with Crippen LogP contribution < -0.4 is 16.5 Å². The molecule has 0 atom stereocenters. The molecule has 3 aromatic heterocycles. The van der Waals surface area contributed by atoms with Gasteiger partial charge in [-0.25, -0.2) is 4.98 Å². The molecule has 0 amide bonds. The van der Waals surface area contributed by atoms with Gasteiger partial charge in [-0.3, -0.25) is 4.98 Å². The van der Waals surface area contributed by atoms with Crippen molar-refractivity contribution in [3.8, 4) is 0 Å². The summed E-state index contributed by atoms with van der Waals surface area (Å²) in [4.78, 5) is 8.21. The largest absolute Gasteiger partial charge is 0.400 e. The first-order valence-electron chi connectivity index (χ1n) is 9.21. The minimum absolute atomic E-state index is 0.397. The Kier molecular flexibility index (Phi) is 8.57. The molecule has 2 radical (unpaired) electrons. The summed E-state index contributed by atoms with van der Waals surface area (Å²) < 4.78 is 1.63. The molecule has 3 aromatic rings. The Balaban J connectivity index is 0.000000275. The Morgan fingerprint density at radius 3 is 2.41 bits per heavy atom. The smallest absolute Gasteiger partial charge is 0.152 e. The summed E-state index contributed by atoms with van der Waals surface area (Å²) in [7, 11) is 6.78. The number of aromatic nitrogens is 4. The molecule has 1 aliphatic rings. The molecule has 0 unspecified atom stereocenters. The topological polar surface area (TPSA) is 101 Å². The highest BCUT2D eigenvalue weighted by Crippen LogP contribution is 2.15. The summed E-state index contributed by atoms with van der Waals surface area (Å²) in [5.41, 5.74) is 7.87. The molecule has 1 saturated carbocycles. The molecule has 4 rings (SSSR count). The molecule has 0 aromatic carbocycles. The first-order valence-corrected chi connectivity index (χ1v) is 9.21. The quantitative estimate of drug-likeness (QED) is 0.614. The Morgan fingerprint density at radius 2 is 1.81 bits per heavy atom. The fourth-order valence-electron chi connectivity index (χ4n) is 2.88. The van der Waals surface area contributed by atoms with Gasteiger partial charge in [0.1, 0.15) is 19.5 Å². The molecule has 3 heterocycles. The minimum atomic E-state index is 0.397. The van der Waals surface area contributed by atoms with E-state index in [0.717, 1.165) is 18.5 Å². The predicted octanol–water partition coefficient (Wildman–Crippen LogP) is 2.06. The number of pyridine rings is 1. The van der Waals surface area contributed by atoms with Crippen molar-refractivity contribution in [1.82, 2.24) is 19.6 Å². The van der Waals surface area contributed by atoms with Gasteiger partial charge in [0.25, 0.3) is 0 Å². The third kappa shape index (κ3) is 6.25. The maximum Gasteiger partial charge on any atom is 0.152 e. The van der Waals surface area contributed by atoms with Crippen LogP contribution in [0.4, 0.5) is 11.6 Å². The van der Waals surface area contributed by atoms with Gasteiger partial charge in [0.05, 0.1) is 0 Å². The van der Waals surface area contributed by atoms with Crippen LogP contribution in [0, 0.1) is 0 Å². The van der Waals surface area contributed by atoms with Crippen LogP contribution in [0.2, 0.25) is 0 Å². The summed E-state index contributed by atoms with van der Waals surface area (Å²) in [5.74, 6) is 1.14. The fourth-order valence-corrected chi connectivity index (χ4v) is 2.88. The fraction of sp³-hybridized carbons (Fsp3) is 0.421. The normalized spacial score (nSPS) is 13.1. The maximum atomic E-state index is 7.00. The highest BCUT2D eigenvalue weighted by atomic mass is 16.2. The molecule has 1 fully saturated rings. The van der Waals surface area contributed by atoms with E-state index in [4.69, 9.17) is 18.7 Å². The Hall–Kier alpha value is -2.61. The summed E-state index contributed by atoms with van der Waals surface area (Å²) in [6.07, 6.45) is 14.1. The average Bonchev–Trinajstić information content (AvgIpc) is 3.11. The number of nitrogens with two attached hydrogens (primary N) is 1. The van der Waals surface area contributed by atoms with Crippen LogP contribution in [-0.4, -0.2) is 39.6 Å². The number of rotatable bonds is 3. The first kappa shape index (κ1) is 20.7. The van der Waals surface area contributed by atoms with Crippen LogP contribution in [-0.2, 0) is 6.54 Å². The van der Waals surface area contributed by atoms with Crippen LogP contribution in [0.3, 0.4) is 0 Å². The molecular weight excluding hydrogens is 339 g/mol. The zero-order chi connectivity index (χ0) is 19.5. The number of hydrogen-bond acceptors (Lipinski definition) is 6. The lowest BCUT2D eigenvalue weighted by Crippen LogP contribution is -2.10. The number of aliphatic hydroxyl groups excluding tert-OH is 1. The van der Waals surface area contributed by atoms with Crippen molar-refractivity contribution < 1.29 is 5.11 Å². The summed E-state index contributed by atoms with van der Waals surface area (Å²) in [6.45, 7) is 0.617. The first-order chi connectivity index (χ1) is 13.2. The molecule has 8 heteroatoms. The SMILES string of the molecule is C1CCCCC1.CO.[B]c1cnn2c(NCc3cccnc3)cc(N)nc12. The number of nitrogens with one attached hydrogen (secondary N) is 1. The maximum absolute atomic E-state index is 7.00. The highest BCUT2D eigenvalue weighted by molar-refractivity contribution is 6.36. The minimum Gasteiger partial charge on any atom is -0.400 e. The van der Waals surface area contributed by atoms with E-state index in [1.807, 2.05) is 12.1 Å². The molecule has 0 spiro atoms. The van der Waals surface area contributed by atoms with E-state index in [1.165, 1.54) is 38.5 Å². The van der Waals surface area contributed by atoms with Crippen molar-refractivity contribution in [3.63, 3.8) is 0 Å². The number of nitrogen functional groups attached to an aromatic ring is 1. The summed E-state index contributed by atoms with van der Waals surface area (Å²) in [5, 5.41) is 14.4. The molecule has 7 nitrogen and oxygen atoms in total. The van der Waals surface area contributed by atoms with Gasteiger partial charge in [-0.15, -0.1) is 0 Å². The molecular formula is C19H27BN6O. The molecule has 1 aliphatic carbocycles. The third-order valence-electron chi connectivity index (χ3n) is 4.22. The van der Waals surface area contributed by atoms with E-state index in [2.05, 4.69) is 20.4 Å². The number of fused-ring (bicyclic) bond motifs is 1. The zero-order valence-electron chi connectivity index (χ0n) is 15.8. The van der Waals surface area contributed by atoms with Crippen molar-refractivity contribution in [3.05, 3.63) is 42.4 Å². The Morgan fingerprint density at radius 1 is 1.15 bits per heavy atom. The van der Waals surface area contributed by atoms with Crippen LogP contribution in [0.5, 0.6) is 0 Å². The van der Waals surface area contributed by atoms with Crippen LogP contribution in [0.15, 0.2) is 36.8 Å².